The number of imidazole rings is 1. The van der Waals surface area contributed by atoms with Crippen LogP contribution in [-0.2, 0) is 10.3 Å². The van der Waals surface area contributed by atoms with Crippen molar-refractivity contribution in [3.05, 3.63) is 36.3 Å². The third kappa shape index (κ3) is 2.03. The number of amides is 1. The minimum Gasteiger partial charge on any atom is -0.347 e. The summed E-state index contributed by atoms with van der Waals surface area (Å²) < 4.78 is 1.99. The van der Waals surface area contributed by atoms with Gasteiger partial charge in [-0.1, -0.05) is 6.07 Å². The van der Waals surface area contributed by atoms with Crippen LogP contribution in [0.3, 0.4) is 0 Å². The topological polar surface area (TPSA) is 58.4 Å². The highest BCUT2D eigenvalue weighted by atomic mass is 16.2. The summed E-state index contributed by atoms with van der Waals surface area (Å²) in [6.45, 7) is 6.09. The zero-order chi connectivity index (χ0) is 14.6. The van der Waals surface area contributed by atoms with Gasteiger partial charge in [-0.25, -0.2) is 4.98 Å². The largest absolute Gasteiger partial charge is 0.347 e. The molecule has 110 valence electrons. The Labute approximate surface area is 123 Å². The van der Waals surface area contributed by atoms with Crippen molar-refractivity contribution in [3.8, 4) is 0 Å². The maximum absolute atomic E-state index is 12.5. The number of nitrogens with zero attached hydrogens (tertiary/aromatic N) is 2. The molecule has 2 unspecified atom stereocenters. The van der Waals surface area contributed by atoms with Gasteiger partial charge in [0.1, 0.15) is 5.65 Å². The summed E-state index contributed by atoms with van der Waals surface area (Å²) >= 11 is 0. The van der Waals surface area contributed by atoms with Crippen molar-refractivity contribution < 1.29 is 4.79 Å². The SMILES string of the molecule is CC(C)(NC(=O)C1C2CNCC21)c1ccc2nccn2c1. The Balaban J connectivity index is 1.53. The van der Waals surface area contributed by atoms with Crippen LogP contribution in [0.15, 0.2) is 30.7 Å². The molecular formula is C16H20N4O. The van der Waals surface area contributed by atoms with Gasteiger partial charge in [-0.15, -0.1) is 0 Å². The number of piperidine rings is 1. The Morgan fingerprint density at radius 3 is 2.90 bits per heavy atom. The van der Waals surface area contributed by atoms with Crippen molar-refractivity contribution in [3.63, 3.8) is 0 Å². The third-order valence-corrected chi connectivity index (χ3v) is 4.94. The van der Waals surface area contributed by atoms with Crippen molar-refractivity contribution >= 4 is 11.6 Å². The van der Waals surface area contributed by atoms with E-state index in [4.69, 9.17) is 0 Å². The first-order valence-electron chi connectivity index (χ1n) is 7.52. The highest BCUT2D eigenvalue weighted by Crippen LogP contribution is 2.49. The number of rotatable bonds is 3. The standard InChI is InChI=1S/C16H20N4O/c1-16(2,10-3-4-13-18-5-6-20(13)9-10)19-15(21)14-11-7-17-8-12(11)14/h3-6,9,11-12,14,17H,7-8H2,1-2H3,(H,19,21). The van der Waals surface area contributed by atoms with E-state index in [1.165, 1.54) is 0 Å². The van der Waals surface area contributed by atoms with Crippen LogP contribution in [0.5, 0.6) is 0 Å². The lowest BCUT2D eigenvalue weighted by molar-refractivity contribution is -0.124. The van der Waals surface area contributed by atoms with Gasteiger partial charge in [0.05, 0.1) is 5.54 Å². The summed E-state index contributed by atoms with van der Waals surface area (Å²) in [4.78, 5) is 16.7. The molecule has 5 nitrogen and oxygen atoms in total. The number of fused-ring (bicyclic) bond motifs is 2. The lowest BCUT2D eigenvalue weighted by Gasteiger charge is -2.27. The minimum absolute atomic E-state index is 0.197. The molecule has 1 aliphatic carbocycles. The maximum atomic E-state index is 12.5. The fourth-order valence-electron chi connectivity index (χ4n) is 3.56. The fourth-order valence-corrected chi connectivity index (χ4v) is 3.56. The zero-order valence-corrected chi connectivity index (χ0v) is 12.3. The smallest absolute Gasteiger partial charge is 0.224 e. The summed E-state index contributed by atoms with van der Waals surface area (Å²) in [6.07, 6.45) is 5.74. The van der Waals surface area contributed by atoms with Crippen LogP contribution in [0.2, 0.25) is 0 Å². The predicted octanol–water partition coefficient (Wildman–Crippen LogP) is 1.15. The Kier molecular flexibility index (Phi) is 2.63. The molecular weight excluding hydrogens is 264 g/mol. The molecule has 2 aliphatic rings. The summed E-state index contributed by atoms with van der Waals surface area (Å²) in [5.41, 5.74) is 1.63. The second kappa shape index (κ2) is 4.31. The van der Waals surface area contributed by atoms with Crippen LogP contribution in [0.25, 0.3) is 5.65 Å². The second-order valence-electron chi connectivity index (χ2n) is 6.74. The van der Waals surface area contributed by atoms with Crippen molar-refractivity contribution in [2.75, 3.05) is 13.1 Å². The Morgan fingerprint density at radius 2 is 2.14 bits per heavy atom. The number of aromatic nitrogens is 2. The normalized spacial score (nSPS) is 27.6. The lowest BCUT2D eigenvalue weighted by Crippen LogP contribution is -2.43. The molecule has 1 aliphatic heterocycles. The monoisotopic (exact) mass is 284 g/mol. The number of pyridine rings is 1. The van der Waals surface area contributed by atoms with Crippen LogP contribution in [-0.4, -0.2) is 28.4 Å². The first kappa shape index (κ1) is 12.8. The number of carbonyl (C=O) groups is 1. The molecule has 0 radical (unpaired) electrons. The molecule has 2 atom stereocenters. The minimum atomic E-state index is -0.375. The van der Waals surface area contributed by atoms with E-state index in [2.05, 4.69) is 29.5 Å². The fraction of sp³-hybridized carbons (Fsp3) is 0.500. The average molecular weight is 284 g/mol. The Morgan fingerprint density at radius 1 is 1.38 bits per heavy atom. The van der Waals surface area contributed by atoms with E-state index in [-0.39, 0.29) is 17.4 Å². The summed E-state index contributed by atoms with van der Waals surface area (Å²) in [7, 11) is 0. The van der Waals surface area contributed by atoms with Gasteiger partial charge in [0.2, 0.25) is 5.91 Å². The van der Waals surface area contributed by atoms with Gasteiger partial charge >= 0.3 is 0 Å². The van der Waals surface area contributed by atoms with Gasteiger partial charge in [-0.05, 0) is 50.4 Å². The van der Waals surface area contributed by atoms with Crippen LogP contribution in [0.1, 0.15) is 19.4 Å². The molecule has 0 spiro atoms. The van der Waals surface area contributed by atoms with Crippen LogP contribution >= 0.6 is 0 Å². The molecule has 4 rings (SSSR count). The van der Waals surface area contributed by atoms with Crippen molar-refractivity contribution in [2.45, 2.75) is 19.4 Å². The van der Waals surface area contributed by atoms with E-state index in [9.17, 15) is 4.79 Å². The molecule has 3 heterocycles. The molecule has 2 aromatic rings. The lowest BCUT2D eigenvalue weighted by atomic mass is 9.95. The molecule has 1 amide bonds. The highest BCUT2D eigenvalue weighted by Gasteiger charge is 2.57. The van der Waals surface area contributed by atoms with Crippen LogP contribution in [0, 0.1) is 17.8 Å². The van der Waals surface area contributed by atoms with Gasteiger partial charge in [-0.3, -0.25) is 4.79 Å². The molecule has 0 bridgehead atoms. The van der Waals surface area contributed by atoms with Crippen molar-refractivity contribution in [2.24, 2.45) is 17.8 Å². The number of hydrogen-bond acceptors (Lipinski definition) is 3. The van der Waals surface area contributed by atoms with Gasteiger partial charge in [0.25, 0.3) is 0 Å². The second-order valence-corrected chi connectivity index (χ2v) is 6.74. The number of hydrogen-bond donors (Lipinski definition) is 2. The van der Waals surface area contributed by atoms with Gasteiger partial charge < -0.3 is 15.0 Å². The first-order chi connectivity index (χ1) is 10.1. The molecule has 1 saturated carbocycles. The molecule has 5 heteroatoms. The quantitative estimate of drug-likeness (QED) is 0.889. The van der Waals surface area contributed by atoms with Crippen LogP contribution in [0.4, 0.5) is 0 Å². The van der Waals surface area contributed by atoms with Crippen LogP contribution < -0.4 is 10.6 Å². The summed E-state index contributed by atoms with van der Waals surface area (Å²) in [5, 5.41) is 6.55. The predicted molar refractivity (Wildman–Crippen MR) is 79.7 cm³/mol. The number of carbonyl (C=O) groups excluding carboxylic acids is 1. The zero-order valence-electron chi connectivity index (χ0n) is 12.3. The van der Waals surface area contributed by atoms with Gasteiger partial charge in [0.15, 0.2) is 0 Å². The number of nitrogens with one attached hydrogen (secondary N) is 2. The molecule has 1 saturated heterocycles. The van der Waals surface area contributed by atoms with Crippen molar-refractivity contribution in [1.29, 1.82) is 0 Å². The molecule has 0 aromatic carbocycles. The molecule has 2 fully saturated rings. The van der Waals surface area contributed by atoms with Crippen molar-refractivity contribution in [1.82, 2.24) is 20.0 Å². The van der Waals surface area contributed by atoms with E-state index in [0.717, 1.165) is 24.3 Å². The highest BCUT2D eigenvalue weighted by molar-refractivity contribution is 5.83. The molecule has 2 aromatic heterocycles. The van der Waals surface area contributed by atoms with E-state index >= 15 is 0 Å². The average Bonchev–Trinajstić information content (AvgIpc) is 2.83. The van der Waals surface area contributed by atoms with E-state index in [1.807, 2.05) is 28.9 Å². The van der Waals surface area contributed by atoms with Gasteiger partial charge in [-0.2, -0.15) is 0 Å². The summed E-state index contributed by atoms with van der Waals surface area (Å²) in [6, 6.07) is 4.02. The van der Waals surface area contributed by atoms with E-state index in [1.54, 1.807) is 6.20 Å². The molecule has 21 heavy (non-hydrogen) atoms. The maximum Gasteiger partial charge on any atom is 0.224 e. The third-order valence-electron chi connectivity index (χ3n) is 4.94. The van der Waals surface area contributed by atoms with E-state index < -0.39 is 0 Å². The van der Waals surface area contributed by atoms with Gasteiger partial charge in [0, 0.05) is 24.5 Å². The molecule has 2 N–H and O–H groups in total. The van der Waals surface area contributed by atoms with E-state index in [0.29, 0.717) is 11.8 Å². The Bertz CT molecular complexity index is 695. The Hall–Kier alpha value is -1.88. The first-order valence-corrected chi connectivity index (χ1v) is 7.52. The summed E-state index contributed by atoms with van der Waals surface area (Å²) in [5.74, 6) is 1.51.